The van der Waals surface area contributed by atoms with Crippen molar-refractivity contribution in [3.63, 3.8) is 0 Å². The molecule has 0 spiro atoms. The van der Waals surface area contributed by atoms with Crippen LogP contribution in [0, 0.1) is 6.92 Å². The van der Waals surface area contributed by atoms with Crippen molar-refractivity contribution < 1.29 is 4.74 Å². The smallest absolute Gasteiger partial charge is 0.0666 e. The van der Waals surface area contributed by atoms with E-state index in [0.29, 0.717) is 11.4 Å². The maximum absolute atomic E-state index is 6.31. The molecule has 3 atom stereocenters. The van der Waals surface area contributed by atoms with E-state index < -0.39 is 0 Å². The van der Waals surface area contributed by atoms with E-state index in [-0.39, 0.29) is 6.04 Å². The number of hydrogen-bond acceptors (Lipinski definition) is 4. The molecule has 0 aliphatic carbocycles. The van der Waals surface area contributed by atoms with Gasteiger partial charge in [0, 0.05) is 23.3 Å². The first-order valence-electron chi connectivity index (χ1n) is 6.75. The molecule has 1 aromatic heterocycles. The number of thioether (sulfide) groups is 1. The molecule has 1 fully saturated rings. The molecule has 0 saturated carbocycles. The molecule has 2 nitrogen and oxygen atoms in total. The molecule has 1 aliphatic heterocycles. The maximum atomic E-state index is 6.31. The molecule has 2 rings (SSSR count). The van der Waals surface area contributed by atoms with Gasteiger partial charge in [-0.3, -0.25) is 0 Å². The predicted molar refractivity (Wildman–Crippen MR) is 81.5 cm³/mol. The third-order valence-electron chi connectivity index (χ3n) is 3.51. The summed E-state index contributed by atoms with van der Waals surface area (Å²) in [5, 5.41) is 2.60. The van der Waals surface area contributed by atoms with Crippen molar-refractivity contribution in [2.75, 3.05) is 12.4 Å². The first kappa shape index (κ1) is 14.4. The standard InChI is InChI=1S/C14H23NOS2/c1-3-12(15)14(13-10(2)6-8-17-13)18-9-11-5-4-7-16-11/h6,8,11-12,14H,3-5,7,9,15H2,1-2H3. The van der Waals surface area contributed by atoms with Gasteiger partial charge in [0.25, 0.3) is 0 Å². The summed E-state index contributed by atoms with van der Waals surface area (Å²) >= 11 is 3.83. The van der Waals surface area contributed by atoms with Crippen molar-refractivity contribution in [3.05, 3.63) is 21.9 Å². The number of aryl methyl sites for hydroxylation is 1. The number of nitrogens with two attached hydrogens (primary N) is 1. The normalized spacial score (nSPS) is 23.2. The Morgan fingerprint density at radius 2 is 2.44 bits per heavy atom. The van der Waals surface area contributed by atoms with Crippen molar-refractivity contribution >= 4 is 23.1 Å². The second-order valence-corrected chi connectivity index (χ2v) is 7.05. The van der Waals surface area contributed by atoms with Gasteiger partial charge in [0.2, 0.25) is 0 Å². The fourth-order valence-corrected chi connectivity index (χ4v) is 5.08. The molecule has 1 aliphatic rings. The molecule has 0 aromatic carbocycles. The molecule has 2 heterocycles. The highest BCUT2D eigenvalue weighted by molar-refractivity contribution is 7.99. The average molecular weight is 285 g/mol. The van der Waals surface area contributed by atoms with Gasteiger partial charge >= 0.3 is 0 Å². The van der Waals surface area contributed by atoms with Crippen LogP contribution in [-0.4, -0.2) is 24.5 Å². The topological polar surface area (TPSA) is 35.2 Å². The highest BCUT2D eigenvalue weighted by atomic mass is 32.2. The lowest BCUT2D eigenvalue weighted by Crippen LogP contribution is -2.26. The number of hydrogen-bond donors (Lipinski definition) is 1. The van der Waals surface area contributed by atoms with Gasteiger partial charge in [-0.15, -0.1) is 23.1 Å². The lowest BCUT2D eigenvalue weighted by atomic mass is 10.1. The Balaban J connectivity index is 1.99. The fraction of sp³-hybridized carbons (Fsp3) is 0.714. The Morgan fingerprint density at radius 3 is 3.00 bits per heavy atom. The van der Waals surface area contributed by atoms with Crippen molar-refractivity contribution in [1.29, 1.82) is 0 Å². The van der Waals surface area contributed by atoms with Crippen molar-refractivity contribution in [1.82, 2.24) is 0 Å². The van der Waals surface area contributed by atoms with Gasteiger partial charge in [0.05, 0.1) is 11.4 Å². The third kappa shape index (κ3) is 3.50. The molecule has 2 N–H and O–H groups in total. The molecule has 1 saturated heterocycles. The van der Waals surface area contributed by atoms with Crippen molar-refractivity contribution in [2.45, 2.75) is 50.5 Å². The van der Waals surface area contributed by atoms with Gasteiger partial charge in [-0.1, -0.05) is 6.92 Å². The Labute approximate surface area is 118 Å². The summed E-state index contributed by atoms with van der Waals surface area (Å²) in [7, 11) is 0. The van der Waals surface area contributed by atoms with Crippen LogP contribution in [0.2, 0.25) is 0 Å². The number of thiophene rings is 1. The summed E-state index contributed by atoms with van der Waals surface area (Å²) in [5.41, 5.74) is 7.69. The quantitative estimate of drug-likeness (QED) is 0.864. The maximum Gasteiger partial charge on any atom is 0.0666 e. The van der Waals surface area contributed by atoms with Gasteiger partial charge in [0.15, 0.2) is 0 Å². The van der Waals surface area contributed by atoms with E-state index in [1.165, 1.54) is 23.3 Å². The van der Waals surface area contributed by atoms with Crippen molar-refractivity contribution in [2.24, 2.45) is 5.73 Å². The molecule has 0 bridgehead atoms. The van der Waals surface area contributed by atoms with Crippen LogP contribution in [-0.2, 0) is 4.74 Å². The molecule has 18 heavy (non-hydrogen) atoms. The summed E-state index contributed by atoms with van der Waals surface area (Å²) in [4.78, 5) is 1.45. The summed E-state index contributed by atoms with van der Waals surface area (Å²) in [6.07, 6.45) is 3.90. The highest BCUT2D eigenvalue weighted by Gasteiger charge is 2.24. The molecule has 102 valence electrons. The van der Waals surface area contributed by atoms with Crippen LogP contribution >= 0.6 is 23.1 Å². The lowest BCUT2D eigenvalue weighted by Gasteiger charge is -2.23. The molecular weight excluding hydrogens is 262 g/mol. The van der Waals surface area contributed by atoms with E-state index in [1.54, 1.807) is 0 Å². The summed E-state index contributed by atoms with van der Waals surface area (Å²) in [5.74, 6) is 1.08. The Hall–Kier alpha value is -0.0300. The minimum absolute atomic E-state index is 0.244. The van der Waals surface area contributed by atoms with Crippen LogP contribution in [0.15, 0.2) is 11.4 Å². The van der Waals surface area contributed by atoms with E-state index >= 15 is 0 Å². The number of ether oxygens (including phenoxy) is 1. The zero-order valence-corrected chi connectivity index (χ0v) is 12.9. The van der Waals surface area contributed by atoms with Gasteiger partial charge in [-0.05, 0) is 43.2 Å². The van der Waals surface area contributed by atoms with E-state index in [2.05, 4.69) is 25.3 Å². The second-order valence-electron chi connectivity index (χ2n) is 4.93. The van der Waals surface area contributed by atoms with Gasteiger partial charge in [-0.2, -0.15) is 0 Å². The molecule has 0 amide bonds. The minimum atomic E-state index is 0.244. The van der Waals surface area contributed by atoms with Crippen LogP contribution in [0.5, 0.6) is 0 Å². The molecule has 3 unspecified atom stereocenters. The Kier molecular flexibility index (Phi) is 5.55. The van der Waals surface area contributed by atoms with Gasteiger partial charge in [-0.25, -0.2) is 0 Å². The lowest BCUT2D eigenvalue weighted by molar-refractivity contribution is 0.128. The molecule has 0 radical (unpaired) electrons. The first-order valence-corrected chi connectivity index (χ1v) is 8.68. The van der Waals surface area contributed by atoms with E-state index in [4.69, 9.17) is 10.5 Å². The van der Waals surface area contributed by atoms with E-state index in [9.17, 15) is 0 Å². The van der Waals surface area contributed by atoms with Crippen LogP contribution in [0.3, 0.4) is 0 Å². The van der Waals surface area contributed by atoms with Crippen LogP contribution in [0.1, 0.15) is 41.9 Å². The second kappa shape index (κ2) is 6.94. The molecule has 1 aromatic rings. The van der Waals surface area contributed by atoms with Crippen LogP contribution in [0.25, 0.3) is 0 Å². The summed E-state index contributed by atoms with van der Waals surface area (Å²) in [6.45, 7) is 5.30. The highest BCUT2D eigenvalue weighted by Crippen LogP contribution is 2.38. The van der Waals surface area contributed by atoms with Gasteiger partial charge < -0.3 is 10.5 Å². The van der Waals surface area contributed by atoms with Gasteiger partial charge in [0.1, 0.15) is 0 Å². The molecular formula is C14H23NOS2. The summed E-state index contributed by atoms with van der Waals surface area (Å²) < 4.78 is 5.71. The predicted octanol–water partition coefficient (Wildman–Crippen LogP) is 3.75. The zero-order chi connectivity index (χ0) is 13.0. The van der Waals surface area contributed by atoms with Crippen molar-refractivity contribution in [3.8, 4) is 0 Å². The van der Waals surface area contributed by atoms with Crippen LogP contribution in [0.4, 0.5) is 0 Å². The summed E-state index contributed by atoms with van der Waals surface area (Å²) in [6, 6.07) is 2.44. The number of rotatable bonds is 6. The Morgan fingerprint density at radius 1 is 1.61 bits per heavy atom. The fourth-order valence-electron chi connectivity index (χ4n) is 2.27. The monoisotopic (exact) mass is 285 g/mol. The average Bonchev–Trinajstić information content (AvgIpc) is 3.01. The largest absolute Gasteiger partial charge is 0.377 e. The Bertz CT molecular complexity index is 360. The SMILES string of the molecule is CCC(N)C(SCC1CCCO1)c1sccc1C. The minimum Gasteiger partial charge on any atom is -0.377 e. The molecule has 4 heteroatoms. The van der Waals surface area contributed by atoms with E-state index in [0.717, 1.165) is 18.8 Å². The third-order valence-corrected chi connectivity index (χ3v) is 6.27. The van der Waals surface area contributed by atoms with Crippen LogP contribution < -0.4 is 5.73 Å². The zero-order valence-electron chi connectivity index (χ0n) is 11.2. The first-order chi connectivity index (χ1) is 8.72. The van der Waals surface area contributed by atoms with E-state index in [1.807, 2.05) is 23.1 Å².